The van der Waals surface area contributed by atoms with Crippen LogP contribution in [0.25, 0.3) is 10.9 Å². The molecule has 1 aliphatic rings. The first-order chi connectivity index (χ1) is 16.5. The number of carbonyl (C=O) groups excluding carboxylic acids is 3. The van der Waals surface area contributed by atoms with E-state index in [0.29, 0.717) is 12.0 Å². The van der Waals surface area contributed by atoms with Gasteiger partial charge in [-0.05, 0) is 40.8 Å². The minimum absolute atomic E-state index is 0.320. The van der Waals surface area contributed by atoms with E-state index in [1.807, 2.05) is 48.0 Å². The molecule has 3 heterocycles. The van der Waals surface area contributed by atoms with Crippen LogP contribution >= 0.6 is 11.3 Å². The summed E-state index contributed by atoms with van der Waals surface area (Å²) in [7, 11) is 0. The first-order valence-electron chi connectivity index (χ1n) is 10.7. The van der Waals surface area contributed by atoms with Crippen LogP contribution in [0.5, 0.6) is 0 Å². The Kier molecular flexibility index (Phi) is 5.85. The van der Waals surface area contributed by atoms with Crippen LogP contribution in [0, 0.1) is 5.82 Å². The summed E-state index contributed by atoms with van der Waals surface area (Å²) in [5, 5.41) is 8.43. The highest BCUT2D eigenvalue weighted by molar-refractivity contribution is 7.10. The van der Waals surface area contributed by atoms with Crippen LogP contribution in [0.4, 0.5) is 9.18 Å². The molecule has 1 aliphatic heterocycles. The van der Waals surface area contributed by atoms with Crippen molar-refractivity contribution in [3.05, 3.63) is 94.1 Å². The number of nitrogens with zero attached hydrogens (tertiary/aromatic N) is 1. The molecule has 1 saturated heterocycles. The molecule has 0 bridgehead atoms. The lowest BCUT2D eigenvalue weighted by atomic mass is 10.0. The monoisotopic (exact) mass is 476 g/mol. The number of aromatic amines is 1. The predicted octanol–water partition coefficient (Wildman–Crippen LogP) is 3.74. The lowest BCUT2D eigenvalue weighted by molar-refractivity contribution is -0.132. The van der Waals surface area contributed by atoms with E-state index in [9.17, 15) is 18.8 Å². The Morgan fingerprint density at radius 1 is 1.09 bits per heavy atom. The number of H-pyrrole nitrogens is 1. The van der Waals surface area contributed by atoms with E-state index < -0.39 is 36.5 Å². The molecule has 0 radical (unpaired) electrons. The van der Waals surface area contributed by atoms with Gasteiger partial charge in [0.15, 0.2) is 0 Å². The predicted molar refractivity (Wildman–Crippen MR) is 127 cm³/mol. The lowest BCUT2D eigenvalue weighted by Crippen LogP contribution is -2.42. The highest BCUT2D eigenvalue weighted by Gasteiger charge is 2.39. The molecule has 172 valence electrons. The van der Waals surface area contributed by atoms with Crippen molar-refractivity contribution in [2.24, 2.45) is 0 Å². The fraction of sp³-hybridized carbons (Fsp3) is 0.160. The maximum atomic E-state index is 13.4. The van der Waals surface area contributed by atoms with Crippen LogP contribution in [-0.2, 0) is 16.0 Å². The minimum Gasteiger partial charge on any atom is -0.361 e. The summed E-state index contributed by atoms with van der Waals surface area (Å²) in [6, 6.07) is 15.4. The van der Waals surface area contributed by atoms with E-state index in [4.69, 9.17) is 0 Å². The number of amides is 4. The largest absolute Gasteiger partial charge is 0.361 e. The van der Waals surface area contributed by atoms with Crippen LogP contribution in [-0.4, -0.2) is 40.3 Å². The summed E-state index contributed by atoms with van der Waals surface area (Å²) in [5.41, 5.74) is 2.56. The average molecular weight is 477 g/mol. The molecule has 2 atom stereocenters. The molecule has 0 spiro atoms. The van der Waals surface area contributed by atoms with E-state index in [-0.39, 0.29) is 5.82 Å². The zero-order valence-electron chi connectivity index (χ0n) is 18.0. The number of hydrogen-bond acceptors (Lipinski definition) is 4. The number of carbonyl (C=O) groups is 3. The number of nitrogens with one attached hydrogen (secondary N) is 3. The Balaban J connectivity index is 1.28. The normalized spacial score (nSPS) is 16.6. The van der Waals surface area contributed by atoms with Crippen molar-refractivity contribution < 1.29 is 18.8 Å². The van der Waals surface area contributed by atoms with Crippen LogP contribution in [0.3, 0.4) is 0 Å². The standard InChI is InChI=1S/C25H21FN4O3S/c26-17-9-7-15(8-10-17)23(21-6-3-11-34-21)29-22(31)14-30-24(32)20(28-25(30)33)12-16-13-27-19-5-2-1-4-18(16)19/h1-11,13,20,23,27H,12,14H2,(H,28,33)(H,29,31)/t20-,23-/m0/s1. The smallest absolute Gasteiger partial charge is 0.325 e. The number of aromatic nitrogens is 1. The van der Waals surface area contributed by atoms with E-state index in [2.05, 4.69) is 15.6 Å². The first-order valence-corrected chi connectivity index (χ1v) is 11.6. The zero-order chi connectivity index (χ0) is 23.7. The number of imide groups is 1. The molecule has 7 nitrogen and oxygen atoms in total. The number of hydrogen-bond donors (Lipinski definition) is 3. The average Bonchev–Trinajstić information content (AvgIpc) is 3.56. The molecule has 9 heteroatoms. The van der Waals surface area contributed by atoms with E-state index >= 15 is 0 Å². The Morgan fingerprint density at radius 2 is 1.88 bits per heavy atom. The molecule has 2 aromatic carbocycles. The van der Waals surface area contributed by atoms with Gasteiger partial charge >= 0.3 is 6.03 Å². The fourth-order valence-corrected chi connectivity index (χ4v) is 4.97. The summed E-state index contributed by atoms with van der Waals surface area (Å²) in [5.74, 6) is -1.31. The zero-order valence-corrected chi connectivity index (χ0v) is 18.8. The van der Waals surface area contributed by atoms with E-state index in [0.717, 1.165) is 26.2 Å². The van der Waals surface area contributed by atoms with Gasteiger partial charge in [0.05, 0.1) is 6.04 Å². The quantitative estimate of drug-likeness (QED) is 0.355. The maximum Gasteiger partial charge on any atom is 0.325 e. The summed E-state index contributed by atoms with van der Waals surface area (Å²) in [6.07, 6.45) is 2.15. The number of fused-ring (bicyclic) bond motifs is 1. The Bertz CT molecular complexity index is 1350. The molecular weight excluding hydrogens is 455 g/mol. The van der Waals surface area contributed by atoms with E-state index in [1.54, 1.807) is 12.1 Å². The molecule has 3 N–H and O–H groups in total. The van der Waals surface area contributed by atoms with Crippen molar-refractivity contribution in [3.8, 4) is 0 Å². The van der Waals surface area contributed by atoms with Gasteiger partial charge in [-0.15, -0.1) is 11.3 Å². The van der Waals surface area contributed by atoms with Crippen LogP contribution < -0.4 is 10.6 Å². The van der Waals surface area contributed by atoms with Gasteiger partial charge in [-0.2, -0.15) is 0 Å². The molecule has 0 aliphatic carbocycles. The second kappa shape index (κ2) is 9.11. The van der Waals surface area contributed by atoms with Gasteiger partial charge in [0.1, 0.15) is 18.4 Å². The SMILES string of the molecule is O=C(CN1C(=O)N[C@@H](Cc2c[nH]c3ccccc23)C1=O)N[C@@H](c1ccc(F)cc1)c1cccs1. The van der Waals surface area contributed by atoms with Gasteiger partial charge in [0.25, 0.3) is 5.91 Å². The van der Waals surface area contributed by atoms with E-state index in [1.165, 1.54) is 23.5 Å². The van der Waals surface area contributed by atoms with Gasteiger partial charge in [0, 0.05) is 28.4 Å². The van der Waals surface area contributed by atoms with Gasteiger partial charge in [-0.3, -0.25) is 14.5 Å². The second-order valence-electron chi connectivity index (χ2n) is 8.06. The highest BCUT2D eigenvalue weighted by atomic mass is 32.1. The Labute approximate surface area is 198 Å². The molecular formula is C25H21FN4O3S. The molecule has 4 aromatic rings. The second-order valence-corrected chi connectivity index (χ2v) is 9.04. The van der Waals surface area contributed by atoms with Gasteiger partial charge in [-0.1, -0.05) is 36.4 Å². The number of halogens is 1. The van der Waals surface area contributed by atoms with Crippen molar-refractivity contribution in [2.45, 2.75) is 18.5 Å². The number of urea groups is 1. The molecule has 2 aromatic heterocycles. The van der Waals surface area contributed by atoms with Crippen molar-refractivity contribution in [1.29, 1.82) is 0 Å². The van der Waals surface area contributed by atoms with Crippen LogP contribution in [0.1, 0.15) is 22.0 Å². The third-order valence-electron chi connectivity index (χ3n) is 5.84. The molecule has 0 unspecified atom stereocenters. The van der Waals surface area contributed by atoms with Crippen molar-refractivity contribution in [1.82, 2.24) is 20.5 Å². The fourth-order valence-electron chi connectivity index (χ4n) is 4.17. The van der Waals surface area contributed by atoms with Crippen LogP contribution in [0.2, 0.25) is 0 Å². The lowest BCUT2D eigenvalue weighted by Gasteiger charge is -2.20. The van der Waals surface area contributed by atoms with Crippen LogP contribution in [0.15, 0.2) is 72.2 Å². The summed E-state index contributed by atoms with van der Waals surface area (Å²) in [6.45, 7) is -0.405. The van der Waals surface area contributed by atoms with Crippen molar-refractivity contribution in [3.63, 3.8) is 0 Å². The number of rotatable bonds is 7. The van der Waals surface area contributed by atoms with Gasteiger partial charge < -0.3 is 15.6 Å². The first kappa shape index (κ1) is 21.8. The third kappa shape index (κ3) is 4.29. The third-order valence-corrected chi connectivity index (χ3v) is 6.78. The van der Waals surface area contributed by atoms with Gasteiger partial charge in [0.2, 0.25) is 5.91 Å². The highest BCUT2D eigenvalue weighted by Crippen LogP contribution is 2.26. The van der Waals surface area contributed by atoms with Gasteiger partial charge in [-0.25, -0.2) is 9.18 Å². The Hall–Kier alpha value is -3.98. The summed E-state index contributed by atoms with van der Waals surface area (Å²) >= 11 is 1.45. The molecule has 4 amide bonds. The summed E-state index contributed by atoms with van der Waals surface area (Å²) in [4.78, 5) is 43.3. The summed E-state index contributed by atoms with van der Waals surface area (Å²) < 4.78 is 13.4. The Morgan fingerprint density at radius 3 is 2.65 bits per heavy atom. The number of benzene rings is 2. The molecule has 34 heavy (non-hydrogen) atoms. The number of para-hydroxylation sites is 1. The topological polar surface area (TPSA) is 94.3 Å². The van der Waals surface area contributed by atoms with Crippen molar-refractivity contribution >= 4 is 40.1 Å². The molecule has 1 fully saturated rings. The molecule has 5 rings (SSSR count). The van der Waals surface area contributed by atoms with Crippen molar-refractivity contribution in [2.75, 3.05) is 6.54 Å². The maximum absolute atomic E-state index is 13.4. The number of thiophene rings is 1. The minimum atomic E-state index is -0.746. The molecule has 0 saturated carbocycles.